The number of carbonyl (C=O) groups excluding carboxylic acids is 1. The Morgan fingerprint density at radius 2 is 2.07 bits per heavy atom. The third-order valence-electron chi connectivity index (χ3n) is 6.26. The number of hydrogen-bond acceptors (Lipinski definition) is 3. The van der Waals surface area contributed by atoms with Gasteiger partial charge in [0.15, 0.2) is 0 Å². The summed E-state index contributed by atoms with van der Waals surface area (Å²) in [5, 5.41) is 3.69. The van der Waals surface area contributed by atoms with Crippen LogP contribution in [0.25, 0.3) is 0 Å². The van der Waals surface area contributed by atoms with Gasteiger partial charge in [-0.2, -0.15) is 0 Å². The SMILES string of the molecule is C[C@]12CCCN(C(=O)c3cccc(Cc4ccccc4F)n3)[C@H]1CCCCN2. The quantitative estimate of drug-likeness (QED) is 0.876. The summed E-state index contributed by atoms with van der Waals surface area (Å²) < 4.78 is 14.0. The molecular weight excluding hydrogens is 353 g/mol. The molecule has 2 aliphatic rings. The first kappa shape index (κ1) is 19.1. The van der Waals surface area contributed by atoms with E-state index >= 15 is 0 Å². The van der Waals surface area contributed by atoms with Crippen molar-refractivity contribution in [3.05, 3.63) is 65.2 Å². The predicted molar refractivity (Wildman–Crippen MR) is 108 cm³/mol. The van der Waals surface area contributed by atoms with Gasteiger partial charge in [-0.3, -0.25) is 4.79 Å². The number of piperidine rings is 1. The van der Waals surface area contributed by atoms with Gasteiger partial charge in [-0.25, -0.2) is 9.37 Å². The van der Waals surface area contributed by atoms with Gasteiger partial charge in [-0.05, 0) is 62.9 Å². The topological polar surface area (TPSA) is 45.2 Å². The summed E-state index contributed by atoms with van der Waals surface area (Å²) in [6.07, 6.45) is 5.81. The van der Waals surface area contributed by atoms with Crippen molar-refractivity contribution in [3.63, 3.8) is 0 Å². The van der Waals surface area contributed by atoms with Crippen molar-refractivity contribution in [1.29, 1.82) is 0 Å². The number of benzene rings is 1. The first-order valence-electron chi connectivity index (χ1n) is 10.3. The van der Waals surface area contributed by atoms with E-state index in [1.54, 1.807) is 18.2 Å². The molecule has 0 aliphatic carbocycles. The molecule has 2 atom stereocenters. The van der Waals surface area contributed by atoms with Crippen molar-refractivity contribution in [2.75, 3.05) is 13.1 Å². The second kappa shape index (κ2) is 8.00. The number of fused-ring (bicyclic) bond motifs is 1. The Morgan fingerprint density at radius 3 is 2.93 bits per heavy atom. The summed E-state index contributed by atoms with van der Waals surface area (Å²) in [6.45, 7) is 4.05. The number of aromatic nitrogens is 1. The molecule has 0 saturated carbocycles. The van der Waals surface area contributed by atoms with E-state index in [1.807, 2.05) is 23.1 Å². The summed E-state index contributed by atoms with van der Waals surface area (Å²) >= 11 is 0. The minimum Gasteiger partial charge on any atom is -0.332 e. The molecule has 5 heteroatoms. The molecule has 2 aliphatic heterocycles. The number of pyridine rings is 1. The van der Waals surface area contributed by atoms with Crippen LogP contribution in [0.4, 0.5) is 4.39 Å². The molecule has 2 fully saturated rings. The Labute approximate surface area is 166 Å². The highest BCUT2D eigenvalue weighted by molar-refractivity contribution is 5.92. The standard InChI is InChI=1S/C23H28FN3O/c1-23-13-7-15-27(21(23)12-4-5-14-25-23)22(28)20-11-6-9-18(26-20)16-17-8-2-3-10-19(17)24/h2-3,6,8-11,21,25H,4-5,7,12-16H2,1H3/t21-,23-/m0/s1. The summed E-state index contributed by atoms with van der Waals surface area (Å²) in [7, 11) is 0. The highest BCUT2D eigenvalue weighted by Gasteiger charge is 2.43. The zero-order chi connectivity index (χ0) is 19.6. The van der Waals surface area contributed by atoms with Crippen LogP contribution in [0.1, 0.15) is 60.8 Å². The van der Waals surface area contributed by atoms with Crippen molar-refractivity contribution in [2.24, 2.45) is 0 Å². The molecule has 1 amide bonds. The van der Waals surface area contributed by atoms with Gasteiger partial charge in [0.05, 0.1) is 0 Å². The second-order valence-corrected chi connectivity index (χ2v) is 8.24. The lowest BCUT2D eigenvalue weighted by molar-refractivity contribution is 0.0374. The first-order valence-corrected chi connectivity index (χ1v) is 10.3. The Hall–Kier alpha value is -2.27. The monoisotopic (exact) mass is 381 g/mol. The molecule has 1 aromatic carbocycles. The normalized spacial score (nSPS) is 25.1. The van der Waals surface area contributed by atoms with Crippen molar-refractivity contribution in [3.8, 4) is 0 Å². The van der Waals surface area contributed by atoms with Crippen LogP contribution < -0.4 is 5.32 Å². The molecule has 0 unspecified atom stereocenters. The number of likely N-dealkylation sites (tertiary alicyclic amines) is 1. The van der Waals surface area contributed by atoms with Gasteiger partial charge >= 0.3 is 0 Å². The lowest BCUT2D eigenvalue weighted by atomic mass is 9.81. The molecule has 1 aromatic heterocycles. The van der Waals surface area contributed by atoms with Crippen LogP contribution in [0, 0.1) is 5.82 Å². The molecule has 0 radical (unpaired) electrons. The van der Waals surface area contributed by atoms with Crippen LogP contribution in [-0.4, -0.2) is 40.5 Å². The highest BCUT2D eigenvalue weighted by Crippen LogP contribution is 2.33. The number of rotatable bonds is 3. The van der Waals surface area contributed by atoms with E-state index in [0.717, 1.165) is 50.9 Å². The van der Waals surface area contributed by atoms with E-state index in [-0.39, 0.29) is 23.3 Å². The number of halogens is 1. The summed E-state index contributed by atoms with van der Waals surface area (Å²) in [4.78, 5) is 20.0. The molecule has 4 nitrogen and oxygen atoms in total. The molecule has 3 heterocycles. The Kier molecular flexibility index (Phi) is 5.44. The second-order valence-electron chi connectivity index (χ2n) is 8.24. The first-order chi connectivity index (χ1) is 13.6. The molecule has 4 rings (SSSR count). The lowest BCUT2D eigenvalue weighted by Crippen LogP contribution is -2.62. The van der Waals surface area contributed by atoms with Crippen LogP contribution in [-0.2, 0) is 6.42 Å². The largest absolute Gasteiger partial charge is 0.332 e. The van der Waals surface area contributed by atoms with Crippen LogP contribution in [0.2, 0.25) is 0 Å². The average Bonchev–Trinajstić information content (AvgIpc) is 2.90. The minimum atomic E-state index is -0.239. The van der Waals surface area contributed by atoms with Crippen LogP contribution in [0.5, 0.6) is 0 Å². The molecule has 1 N–H and O–H groups in total. The predicted octanol–water partition coefficient (Wildman–Crippen LogP) is 3.95. The van der Waals surface area contributed by atoms with E-state index < -0.39 is 0 Å². The number of hydrogen-bond donors (Lipinski definition) is 1. The van der Waals surface area contributed by atoms with Gasteiger partial charge in [0, 0.05) is 30.2 Å². The zero-order valence-corrected chi connectivity index (χ0v) is 16.5. The molecule has 28 heavy (non-hydrogen) atoms. The molecular formula is C23H28FN3O. The molecule has 148 valence electrons. The number of carbonyl (C=O) groups is 1. The number of nitrogens with one attached hydrogen (secondary N) is 1. The van der Waals surface area contributed by atoms with Gasteiger partial charge in [0.1, 0.15) is 11.5 Å². The van der Waals surface area contributed by atoms with E-state index in [1.165, 1.54) is 6.07 Å². The molecule has 2 aromatic rings. The maximum Gasteiger partial charge on any atom is 0.272 e. The van der Waals surface area contributed by atoms with Gasteiger partial charge in [0.25, 0.3) is 5.91 Å². The molecule has 0 bridgehead atoms. The van der Waals surface area contributed by atoms with Gasteiger partial charge in [-0.15, -0.1) is 0 Å². The van der Waals surface area contributed by atoms with E-state index in [2.05, 4.69) is 17.2 Å². The van der Waals surface area contributed by atoms with Gasteiger partial charge in [0.2, 0.25) is 0 Å². The highest BCUT2D eigenvalue weighted by atomic mass is 19.1. The van der Waals surface area contributed by atoms with Crippen molar-refractivity contribution in [2.45, 2.75) is 57.0 Å². The Bertz CT molecular complexity index is 855. The maximum absolute atomic E-state index is 14.0. The van der Waals surface area contributed by atoms with Crippen molar-refractivity contribution < 1.29 is 9.18 Å². The molecule has 2 saturated heterocycles. The summed E-state index contributed by atoms with van der Waals surface area (Å²) in [6, 6.07) is 12.4. The maximum atomic E-state index is 14.0. The minimum absolute atomic E-state index is 0.00462. The third kappa shape index (κ3) is 3.81. The average molecular weight is 381 g/mol. The fraction of sp³-hybridized carbons (Fsp3) is 0.478. The summed E-state index contributed by atoms with van der Waals surface area (Å²) in [5.74, 6) is -0.243. The van der Waals surface area contributed by atoms with Gasteiger partial charge < -0.3 is 10.2 Å². The van der Waals surface area contributed by atoms with Crippen molar-refractivity contribution >= 4 is 5.91 Å². The van der Waals surface area contributed by atoms with E-state index in [4.69, 9.17) is 0 Å². The number of nitrogens with zero attached hydrogens (tertiary/aromatic N) is 2. The Balaban J connectivity index is 1.57. The third-order valence-corrected chi connectivity index (χ3v) is 6.26. The summed E-state index contributed by atoms with van der Waals surface area (Å²) in [5.41, 5.74) is 1.75. The Morgan fingerprint density at radius 1 is 1.21 bits per heavy atom. The smallest absolute Gasteiger partial charge is 0.272 e. The fourth-order valence-electron chi connectivity index (χ4n) is 4.72. The molecule has 0 spiro atoms. The fourth-order valence-corrected chi connectivity index (χ4v) is 4.72. The zero-order valence-electron chi connectivity index (χ0n) is 16.5. The van der Waals surface area contributed by atoms with E-state index in [9.17, 15) is 9.18 Å². The van der Waals surface area contributed by atoms with Crippen LogP contribution in [0.15, 0.2) is 42.5 Å². The lowest BCUT2D eigenvalue weighted by Gasteiger charge is -2.48. The van der Waals surface area contributed by atoms with Crippen LogP contribution >= 0.6 is 0 Å². The van der Waals surface area contributed by atoms with Gasteiger partial charge in [-0.1, -0.05) is 30.7 Å². The van der Waals surface area contributed by atoms with E-state index in [0.29, 0.717) is 17.7 Å². The van der Waals surface area contributed by atoms with Crippen molar-refractivity contribution in [1.82, 2.24) is 15.2 Å². The number of amides is 1. The van der Waals surface area contributed by atoms with Crippen LogP contribution in [0.3, 0.4) is 0 Å².